The zero-order valence-electron chi connectivity index (χ0n) is 12.7. The molecule has 0 spiro atoms. The minimum absolute atomic E-state index is 0.0175. The molecule has 20 heavy (non-hydrogen) atoms. The first kappa shape index (κ1) is 15.3. The molecule has 0 radical (unpaired) electrons. The Hall–Kier alpha value is -1.10. The van der Waals surface area contributed by atoms with E-state index >= 15 is 0 Å². The van der Waals surface area contributed by atoms with Crippen LogP contribution < -0.4 is 11.1 Å². The Kier molecular flexibility index (Phi) is 4.68. The Morgan fingerprint density at radius 3 is 2.45 bits per heavy atom. The van der Waals surface area contributed by atoms with Crippen LogP contribution >= 0.6 is 0 Å². The molecule has 5 nitrogen and oxygen atoms in total. The van der Waals surface area contributed by atoms with Crippen LogP contribution in [0, 0.1) is 11.3 Å². The summed E-state index contributed by atoms with van der Waals surface area (Å²) in [4.78, 5) is 26.4. The van der Waals surface area contributed by atoms with Gasteiger partial charge in [-0.15, -0.1) is 0 Å². The fourth-order valence-electron chi connectivity index (χ4n) is 3.48. The third kappa shape index (κ3) is 2.82. The van der Waals surface area contributed by atoms with E-state index in [-0.39, 0.29) is 23.8 Å². The quantitative estimate of drug-likeness (QED) is 0.806. The van der Waals surface area contributed by atoms with Crippen molar-refractivity contribution in [3.05, 3.63) is 0 Å². The van der Waals surface area contributed by atoms with Gasteiger partial charge in [-0.05, 0) is 39.5 Å². The second-order valence-corrected chi connectivity index (χ2v) is 6.38. The lowest BCUT2D eigenvalue weighted by atomic mass is 9.82. The van der Waals surface area contributed by atoms with Crippen molar-refractivity contribution in [3.63, 3.8) is 0 Å². The van der Waals surface area contributed by atoms with Crippen LogP contribution in [-0.4, -0.2) is 42.4 Å². The highest BCUT2D eigenvalue weighted by atomic mass is 16.2. The number of carbonyl (C=O) groups excluding carboxylic acids is 2. The molecule has 2 fully saturated rings. The minimum Gasteiger partial charge on any atom is -0.356 e. The lowest BCUT2D eigenvalue weighted by Crippen LogP contribution is -2.52. The Morgan fingerprint density at radius 1 is 1.30 bits per heavy atom. The SMILES string of the molecule is CCNC(=O)C1CCN(C(=O)C2(C)CCCC2N)CC1. The lowest BCUT2D eigenvalue weighted by molar-refractivity contribution is -0.144. The normalized spacial score (nSPS) is 31.4. The van der Waals surface area contributed by atoms with Crippen molar-refractivity contribution in [1.82, 2.24) is 10.2 Å². The summed E-state index contributed by atoms with van der Waals surface area (Å²) >= 11 is 0. The number of nitrogens with two attached hydrogens (primary N) is 1. The van der Waals surface area contributed by atoms with E-state index in [0.29, 0.717) is 19.6 Å². The number of nitrogens with one attached hydrogen (secondary N) is 1. The highest BCUT2D eigenvalue weighted by Gasteiger charge is 2.45. The highest BCUT2D eigenvalue weighted by molar-refractivity contribution is 5.84. The van der Waals surface area contributed by atoms with Crippen LogP contribution in [0.2, 0.25) is 0 Å². The van der Waals surface area contributed by atoms with Crippen LogP contribution in [0.15, 0.2) is 0 Å². The van der Waals surface area contributed by atoms with E-state index in [0.717, 1.165) is 32.1 Å². The van der Waals surface area contributed by atoms with Crippen molar-refractivity contribution in [3.8, 4) is 0 Å². The van der Waals surface area contributed by atoms with Crippen LogP contribution in [0.3, 0.4) is 0 Å². The van der Waals surface area contributed by atoms with Crippen LogP contribution in [0.1, 0.15) is 46.0 Å². The molecule has 1 saturated carbocycles. The van der Waals surface area contributed by atoms with Gasteiger partial charge in [0, 0.05) is 31.6 Å². The second kappa shape index (κ2) is 6.12. The summed E-state index contributed by atoms with van der Waals surface area (Å²) in [5.41, 5.74) is 5.73. The topological polar surface area (TPSA) is 75.4 Å². The first-order valence-corrected chi connectivity index (χ1v) is 7.81. The number of amides is 2. The van der Waals surface area contributed by atoms with Gasteiger partial charge in [-0.2, -0.15) is 0 Å². The summed E-state index contributed by atoms with van der Waals surface area (Å²) in [5.74, 6) is 0.379. The molecule has 2 aliphatic rings. The van der Waals surface area contributed by atoms with Gasteiger partial charge in [-0.1, -0.05) is 6.42 Å². The molecule has 1 saturated heterocycles. The standard InChI is InChI=1S/C15H27N3O2/c1-3-17-13(19)11-6-9-18(10-7-11)14(20)15(2)8-4-5-12(15)16/h11-12H,3-10,16H2,1-2H3,(H,17,19). The molecule has 0 aromatic rings. The van der Waals surface area contributed by atoms with Crippen LogP contribution in [-0.2, 0) is 9.59 Å². The molecule has 1 aliphatic carbocycles. The van der Waals surface area contributed by atoms with E-state index in [1.165, 1.54) is 0 Å². The number of piperidine rings is 1. The molecule has 2 amide bonds. The van der Waals surface area contributed by atoms with Gasteiger partial charge in [0.05, 0.1) is 5.41 Å². The van der Waals surface area contributed by atoms with Crippen molar-refractivity contribution in [2.45, 2.75) is 52.0 Å². The van der Waals surface area contributed by atoms with Crippen molar-refractivity contribution >= 4 is 11.8 Å². The molecule has 1 aliphatic heterocycles. The van der Waals surface area contributed by atoms with Crippen molar-refractivity contribution < 1.29 is 9.59 Å². The van der Waals surface area contributed by atoms with Gasteiger partial charge < -0.3 is 16.0 Å². The molecule has 0 bridgehead atoms. The fourth-order valence-corrected chi connectivity index (χ4v) is 3.48. The summed E-state index contributed by atoms with van der Waals surface area (Å²) in [6.07, 6.45) is 4.41. The molecule has 2 atom stereocenters. The summed E-state index contributed by atoms with van der Waals surface area (Å²) in [7, 11) is 0. The molecular formula is C15H27N3O2. The van der Waals surface area contributed by atoms with Gasteiger partial charge in [-0.3, -0.25) is 9.59 Å². The van der Waals surface area contributed by atoms with Gasteiger partial charge in [0.1, 0.15) is 0 Å². The van der Waals surface area contributed by atoms with E-state index < -0.39 is 5.41 Å². The first-order valence-electron chi connectivity index (χ1n) is 7.81. The summed E-state index contributed by atoms with van der Waals surface area (Å²) in [6.45, 7) is 5.97. The highest BCUT2D eigenvalue weighted by Crippen LogP contribution is 2.39. The van der Waals surface area contributed by atoms with Gasteiger partial charge in [0.15, 0.2) is 0 Å². The number of carbonyl (C=O) groups is 2. The smallest absolute Gasteiger partial charge is 0.230 e. The number of hydrogen-bond donors (Lipinski definition) is 2. The third-order valence-corrected chi connectivity index (χ3v) is 5.02. The minimum atomic E-state index is -0.390. The predicted molar refractivity (Wildman–Crippen MR) is 77.9 cm³/mol. The molecule has 3 N–H and O–H groups in total. The Balaban J connectivity index is 1.90. The van der Waals surface area contributed by atoms with E-state index in [1.54, 1.807) is 0 Å². The Bertz CT molecular complexity index is 377. The van der Waals surface area contributed by atoms with E-state index in [9.17, 15) is 9.59 Å². The van der Waals surface area contributed by atoms with E-state index in [2.05, 4.69) is 5.32 Å². The zero-order valence-corrected chi connectivity index (χ0v) is 12.7. The Morgan fingerprint density at radius 2 is 1.95 bits per heavy atom. The number of hydrogen-bond acceptors (Lipinski definition) is 3. The molecule has 0 aromatic heterocycles. The number of likely N-dealkylation sites (tertiary alicyclic amines) is 1. The van der Waals surface area contributed by atoms with E-state index in [4.69, 9.17) is 5.73 Å². The average molecular weight is 281 g/mol. The predicted octanol–water partition coefficient (Wildman–Crippen LogP) is 0.879. The summed E-state index contributed by atoms with van der Waals surface area (Å²) in [5, 5.41) is 2.87. The van der Waals surface area contributed by atoms with Gasteiger partial charge in [0.2, 0.25) is 11.8 Å². The molecule has 0 aromatic carbocycles. The van der Waals surface area contributed by atoms with Crippen molar-refractivity contribution in [1.29, 1.82) is 0 Å². The van der Waals surface area contributed by atoms with Gasteiger partial charge >= 0.3 is 0 Å². The maximum Gasteiger partial charge on any atom is 0.230 e. The summed E-state index contributed by atoms with van der Waals surface area (Å²) < 4.78 is 0. The lowest BCUT2D eigenvalue weighted by Gasteiger charge is -2.38. The van der Waals surface area contributed by atoms with Crippen molar-refractivity contribution in [2.24, 2.45) is 17.1 Å². The summed E-state index contributed by atoms with van der Waals surface area (Å²) in [6, 6.07) is -0.0175. The largest absolute Gasteiger partial charge is 0.356 e. The van der Waals surface area contributed by atoms with Crippen LogP contribution in [0.4, 0.5) is 0 Å². The number of rotatable bonds is 3. The zero-order chi connectivity index (χ0) is 14.8. The monoisotopic (exact) mass is 281 g/mol. The molecule has 5 heteroatoms. The van der Waals surface area contributed by atoms with Crippen LogP contribution in [0.25, 0.3) is 0 Å². The molecule has 1 heterocycles. The Labute approximate surface area is 121 Å². The molecule has 114 valence electrons. The first-order chi connectivity index (χ1) is 9.49. The maximum atomic E-state index is 12.7. The van der Waals surface area contributed by atoms with Crippen LogP contribution in [0.5, 0.6) is 0 Å². The maximum absolute atomic E-state index is 12.7. The molecular weight excluding hydrogens is 254 g/mol. The van der Waals surface area contributed by atoms with E-state index in [1.807, 2.05) is 18.7 Å². The van der Waals surface area contributed by atoms with Gasteiger partial charge in [0.25, 0.3) is 0 Å². The van der Waals surface area contributed by atoms with Gasteiger partial charge in [-0.25, -0.2) is 0 Å². The number of nitrogens with zero attached hydrogens (tertiary/aromatic N) is 1. The molecule has 2 unspecified atom stereocenters. The average Bonchev–Trinajstić information content (AvgIpc) is 2.79. The third-order valence-electron chi connectivity index (χ3n) is 5.02. The second-order valence-electron chi connectivity index (χ2n) is 6.38. The van der Waals surface area contributed by atoms with Crippen molar-refractivity contribution in [2.75, 3.05) is 19.6 Å². The molecule has 2 rings (SSSR count). The fraction of sp³-hybridized carbons (Fsp3) is 0.867.